The molecule has 1 aliphatic carbocycles. The van der Waals surface area contributed by atoms with Crippen LogP contribution >= 0.6 is 11.6 Å². The fraction of sp³-hybridized carbons (Fsp3) is 0. The Hall–Kier alpha value is -0.820. The van der Waals surface area contributed by atoms with Crippen molar-refractivity contribution in [3.63, 3.8) is 0 Å². The number of benzene rings is 1. The molecule has 2 heteroatoms. The van der Waals surface area contributed by atoms with E-state index in [2.05, 4.69) is 0 Å². The number of Topliss-reactive ketones (excluding diaryl/α,β-unsaturated/α-hetero) is 1. The van der Waals surface area contributed by atoms with Gasteiger partial charge in [0.15, 0.2) is 5.78 Å². The minimum atomic E-state index is 0.0340. The lowest BCUT2D eigenvalue weighted by atomic mass is 9.96. The van der Waals surface area contributed by atoms with E-state index in [0.29, 0.717) is 16.5 Å². The maximum Gasteiger partial charge on any atom is 0.170 e. The van der Waals surface area contributed by atoms with E-state index in [9.17, 15) is 4.79 Å². The largest absolute Gasteiger partial charge is 0.293 e. The Morgan fingerprint density at radius 1 is 1.00 bits per heavy atom. The van der Waals surface area contributed by atoms with Gasteiger partial charge in [0.05, 0.1) is 5.92 Å². The zero-order valence-corrected chi connectivity index (χ0v) is 8.16. The van der Waals surface area contributed by atoms with Crippen LogP contribution in [0.3, 0.4) is 0 Å². The lowest BCUT2D eigenvalue weighted by Gasteiger charge is -2.05. The summed E-state index contributed by atoms with van der Waals surface area (Å²) in [7, 11) is 0. The van der Waals surface area contributed by atoms with Crippen molar-refractivity contribution in [3.05, 3.63) is 66.5 Å². The van der Waals surface area contributed by atoms with Crippen LogP contribution in [-0.2, 0) is 0 Å². The molecular formula is C12H8ClO. The first-order chi connectivity index (χ1) is 6.77. The molecular weight excluding hydrogens is 196 g/mol. The summed E-state index contributed by atoms with van der Waals surface area (Å²) >= 11 is 5.73. The predicted molar refractivity (Wildman–Crippen MR) is 56.2 cm³/mol. The zero-order chi connectivity index (χ0) is 9.97. The Bertz CT molecular complexity index is 323. The molecule has 1 aromatic rings. The zero-order valence-electron chi connectivity index (χ0n) is 7.41. The fourth-order valence-electron chi connectivity index (χ4n) is 1.29. The third kappa shape index (κ3) is 1.98. The van der Waals surface area contributed by atoms with Crippen LogP contribution in [0.2, 0.25) is 5.02 Å². The molecule has 0 heterocycles. The molecule has 1 aromatic carbocycles. The quantitative estimate of drug-likeness (QED) is 0.676. The Morgan fingerprint density at radius 3 is 2.14 bits per heavy atom. The van der Waals surface area contributed by atoms with Gasteiger partial charge in [0.25, 0.3) is 0 Å². The second-order valence-corrected chi connectivity index (χ2v) is 3.45. The lowest BCUT2D eigenvalue weighted by Crippen LogP contribution is -2.09. The molecule has 0 unspecified atom stereocenters. The molecule has 0 amide bonds. The first-order valence-corrected chi connectivity index (χ1v) is 4.67. The highest BCUT2D eigenvalue weighted by Gasteiger charge is 2.25. The highest BCUT2D eigenvalue weighted by atomic mass is 35.5. The number of ketones is 1. The van der Waals surface area contributed by atoms with Gasteiger partial charge in [0.2, 0.25) is 0 Å². The SMILES string of the molecule is O=C([C]1[CH][CH][CH][CH]1)c1ccc(Cl)cc1. The standard InChI is InChI=1S/C12H8ClO/c13-11-7-5-10(6-8-11)12(14)9-3-1-2-4-9/h1-8H. The predicted octanol–water partition coefficient (Wildman–Crippen LogP) is 2.93. The third-order valence-corrected chi connectivity index (χ3v) is 2.28. The highest BCUT2D eigenvalue weighted by molar-refractivity contribution is 6.30. The van der Waals surface area contributed by atoms with Crippen LogP contribution in [0.1, 0.15) is 10.4 Å². The van der Waals surface area contributed by atoms with Gasteiger partial charge >= 0.3 is 0 Å². The number of halogens is 1. The van der Waals surface area contributed by atoms with Gasteiger partial charge in [-0.05, 0) is 49.9 Å². The average Bonchev–Trinajstić information content (AvgIpc) is 2.71. The summed E-state index contributed by atoms with van der Waals surface area (Å²) in [5.74, 6) is 0.749. The third-order valence-electron chi connectivity index (χ3n) is 2.03. The van der Waals surface area contributed by atoms with E-state index < -0.39 is 0 Å². The number of hydrogen-bond donors (Lipinski definition) is 0. The van der Waals surface area contributed by atoms with Gasteiger partial charge < -0.3 is 0 Å². The van der Waals surface area contributed by atoms with E-state index in [1.54, 1.807) is 37.1 Å². The monoisotopic (exact) mass is 203 g/mol. The Balaban J connectivity index is 2.14. The van der Waals surface area contributed by atoms with Crippen molar-refractivity contribution in [2.24, 2.45) is 0 Å². The van der Waals surface area contributed by atoms with Gasteiger partial charge in [-0.25, -0.2) is 0 Å². The molecule has 2 rings (SSSR count). The summed E-state index contributed by atoms with van der Waals surface area (Å²) in [5.41, 5.74) is 0.667. The number of carbonyl (C=O) groups is 1. The molecule has 1 aliphatic rings. The number of rotatable bonds is 2. The van der Waals surface area contributed by atoms with Gasteiger partial charge in [-0.1, -0.05) is 11.6 Å². The molecule has 0 N–H and O–H groups in total. The van der Waals surface area contributed by atoms with E-state index >= 15 is 0 Å². The lowest BCUT2D eigenvalue weighted by molar-refractivity contribution is 0.101. The topological polar surface area (TPSA) is 17.1 Å². The second kappa shape index (κ2) is 4.14. The smallest absolute Gasteiger partial charge is 0.170 e. The van der Waals surface area contributed by atoms with Crippen LogP contribution in [-0.4, -0.2) is 5.78 Å². The van der Waals surface area contributed by atoms with Crippen LogP contribution in [0.15, 0.2) is 24.3 Å². The normalized spacial score (nSPS) is 17.2. The van der Waals surface area contributed by atoms with E-state index in [1.807, 2.05) is 12.8 Å². The molecule has 0 atom stereocenters. The van der Waals surface area contributed by atoms with Crippen molar-refractivity contribution in [3.8, 4) is 0 Å². The molecule has 69 valence electrons. The van der Waals surface area contributed by atoms with Gasteiger partial charge in [0.1, 0.15) is 0 Å². The second-order valence-electron chi connectivity index (χ2n) is 3.01. The summed E-state index contributed by atoms with van der Waals surface area (Å²) in [6.07, 6.45) is 7.31. The Morgan fingerprint density at radius 2 is 1.57 bits per heavy atom. The van der Waals surface area contributed by atoms with Crippen molar-refractivity contribution in [1.82, 2.24) is 0 Å². The van der Waals surface area contributed by atoms with Crippen molar-refractivity contribution >= 4 is 17.4 Å². The van der Waals surface area contributed by atoms with Crippen molar-refractivity contribution in [2.45, 2.75) is 0 Å². The summed E-state index contributed by atoms with van der Waals surface area (Å²) < 4.78 is 0. The molecule has 1 nitrogen and oxygen atoms in total. The summed E-state index contributed by atoms with van der Waals surface area (Å²) in [4.78, 5) is 11.8. The summed E-state index contributed by atoms with van der Waals surface area (Å²) in [6.45, 7) is 0. The molecule has 14 heavy (non-hydrogen) atoms. The molecule has 0 aromatic heterocycles. The van der Waals surface area contributed by atoms with E-state index in [-0.39, 0.29) is 5.78 Å². The first kappa shape index (κ1) is 9.72. The Labute approximate surface area is 89.1 Å². The fourth-order valence-corrected chi connectivity index (χ4v) is 1.42. The summed E-state index contributed by atoms with van der Waals surface area (Å²) in [5, 5.41) is 0.643. The number of hydrogen-bond acceptors (Lipinski definition) is 1. The van der Waals surface area contributed by atoms with Crippen molar-refractivity contribution in [2.75, 3.05) is 0 Å². The van der Waals surface area contributed by atoms with Crippen LogP contribution in [0.5, 0.6) is 0 Å². The van der Waals surface area contributed by atoms with Crippen LogP contribution in [0.25, 0.3) is 0 Å². The molecule has 0 aliphatic heterocycles. The van der Waals surface area contributed by atoms with E-state index in [4.69, 9.17) is 11.6 Å². The van der Waals surface area contributed by atoms with E-state index in [0.717, 1.165) is 0 Å². The van der Waals surface area contributed by atoms with Crippen LogP contribution < -0.4 is 0 Å². The van der Waals surface area contributed by atoms with Crippen LogP contribution in [0, 0.1) is 31.6 Å². The molecule has 0 spiro atoms. The van der Waals surface area contributed by atoms with E-state index in [1.165, 1.54) is 0 Å². The highest BCUT2D eigenvalue weighted by Crippen LogP contribution is 2.27. The Kier molecular flexibility index (Phi) is 2.87. The number of carbonyl (C=O) groups excluding carboxylic acids is 1. The molecule has 0 bridgehead atoms. The van der Waals surface area contributed by atoms with Gasteiger partial charge in [-0.15, -0.1) is 0 Å². The molecule has 1 saturated carbocycles. The van der Waals surface area contributed by atoms with Crippen molar-refractivity contribution in [1.29, 1.82) is 0 Å². The summed E-state index contributed by atoms with van der Waals surface area (Å²) in [6, 6.07) is 6.91. The van der Waals surface area contributed by atoms with Gasteiger partial charge in [0, 0.05) is 10.6 Å². The van der Waals surface area contributed by atoms with Gasteiger partial charge in [-0.2, -0.15) is 0 Å². The average molecular weight is 204 g/mol. The minimum absolute atomic E-state index is 0.0340. The maximum atomic E-state index is 11.8. The van der Waals surface area contributed by atoms with Crippen LogP contribution in [0.4, 0.5) is 0 Å². The molecule has 5 radical (unpaired) electrons. The molecule has 1 fully saturated rings. The molecule has 0 saturated heterocycles. The first-order valence-electron chi connectivity index (χ1n) is 4.29. The minimum Gasteiger partial charge on any atom is -0.293 e. The maximum absolute atomic E-state index is 11.8. The van der Waals surface area contributed by atoms with Gasteiger partial charge in [-0.3, -0.25) is 4.79 Å². The van der Waals surface area contributed by atoms with Crippen molar-refractivity contribution < 1.29 is 4.79 Å².